The van der Waals surface area contributed by atoms with Crippen molar-refractivity contribution in [1.82, 2.24) is 4.31 Å². The monoisotopic (exact) mass is 473 g/mol. The van der Waals surface area contributed by atoms with Gasteiger partial charge in [0.15, 0.2) is 0 Å². The van der Waals surface area contributed by atoms with E-state index in [-0.39, 0.29) is 40.8 Å². The molecule has 0 radical (unpaired) electrons. The standard InChI is InChI=1S/C23H27N3O6S/c1-4-25(5-2)33(30,31)18-11-12-20(32-6-3)19(15-18)24-23(29)16-7-9-17(10-8-16)26-21(27)13-14-22(26)28/h7-12,15H,4-6,13-14H2,1-3H3,(H,24,29). The third-order valence-corrected chi connectivity index (χ3v) is 7.33. The SMILES string of the molecule is CCOc1ccc(S(=O)(=O)N(CC)CC)cc1NC(=O)c1ccc(N2C(=O)CCC2=O)cc1. The number of carbonyl (C=O) groups is 3. The van der Waals surface area contributed by atoms with Crippen molar-refractivity contribution < 1.29 is 27.5 Å². The van der Waals surface area contributed by atoms with Crippen molar-refractivity contribution >= 4 is 39.1 Å². The Labute approximate surface area is 193 Å². The molecule has 0 unspecified atom stereocenters. The molecular formula is C23H27N3O6S. The summed E-state index contributed by atoms with van der Waals surface area (Å²) in [4.78, 5) is 37.8. The number of ether oxygens (including phenoxy) is 1. The number of nitrogens with zero attached hydrogens (tertiary/aromatic N) is 2. The molecule has 176 valence electrons. The zero-order valence-corrected chi connectivity index (χ0v) is 19.6. The van der Waals surface area contributed by atoms with Crippen molar-refractivity contribution in [2.75, 3.05) is 29.9 Å². The van der Waals surface area contributed by atoms with Crippen LogP contribution in [0.15, 0.2) is 47.4 Å². The summed E-state index contributed by atoms with van der Waals surface area (Å²) in [6.07, 6.45) is 0.349. The Balaban J connectivity index is 1.87. The van der Waals surface area contributed by atoms with E-state index in [0.29, 0.717) is 31.1 Å². The minimum absolute atomic E-state index is 0.0476. The first kappa shape index (κ1) is 24.4. The predicted molar refractivity (Wildman–Crippen MR) is 124 cm³/mol. The molecule has 1 saturated heterocycles. The second-order valence-corrected chi connectivity index (χ2v) is 9.24. The normalized spacial score (nSPS) is 14.1. The quantitative estimate of drug-likeness (QED) is 0.560. The molecule has 10 heteroatoms. The highest BCUT2D eigenvalue weighted by Crippen LogP contribution is 2.30. The van der Waals surface area contributed by atoms with Crippen molar-refractivity contribution in [2.24, 2.45) is 0 Å². The van der Waals surface area contributed by atoms with Crippen molar-refractivity contribution in [3.05, 3.63) is 48.0 Å². The number of anilines is 2. The van der Waals surface area contributed by atoms with Crippen LogP contribution in [0.4, 0.5) is 11.4 Å². The van der Waals surface area contributed by atoms with Gasteiger partial charge < -0.3 is 10.1 Å². The first-order valence-electron chi connectivity index (χ1n) is 10.8. The average molecular weight is 474 g/mol. The van der Waals surface area contributed by atoms with Crippen LogP contribution in [-0.4, -0.2) is 50.1 Å². The molecule has 0 bridgehead atoms. The van der Waals surface area contributed by atoms with Gasteiger partial charge in [0, 0.05) is 31.5 Å². The third-order valence-electron chi connectivity index (χ3n) is 5.28. The van der Waals surface area contributed by atoms with E-state index >= 15 is 0 Å². The zero-order chi connectivity index (χ0) is 24.2. The molecule has 1 heterocycles. The summed E-state index contributed by atoms with van der Waals surface area (Å²) in [5, 5.41) is 2.71. The highest BCUT2D eigenvalue weighted by molar-refractivity contribution is 7.89. The molecule has 1 aliphatic rings. The molecule has 0 atom stereocenters. The summed E-state index contributed by atoms with van der Waals surface area (Å²) < 4.78 is 32.7. The third kappa shape index (κ3) is 5.07. The summed E-state index contributed by atoms with van der Waals surface area (Å²) >= 11 is 0. The molecule has 0 saturated carbocycles. The maximum atomic E-state index is 12.9. The molecule has 0 aromatic heterocycles. The smallest absolute Gasteiger partial charge is 0.255 e. The molecule has 3 amide bonds. The van der Waals surface area contributed by atoms with E-state index in [0.717, 1.165) is 4.90 Å². The number of sulfonamides is 1. The summed E-state index contributed by atoms with van der Waals surface area (Å²) in [5.74, 6) is -0.692. The molecule has 1 fully saturated rings. The fourth-order valence-electron chi connectivity index (χ4n) is 3.58. The van der Waals surface area contributed by atoms with Crippen LogP contribution in [0, 0.1) is 0 Å². The molecule has 2 aromatic rings. The molecule has 33 heavy (non-hydrogen) atoms. The van der Waals surface area contributed by atoms with Gasteiger partial charge in [0.1, 0.15) is 5.75 Å². The second-order valence-electron chi connectivity index (χ2n) is 7.30. The molecule has 0 spiro atoms. The number of carbonyl (C=O) groups excluding carboxylic acids is 3. The van der Waals surface area contributed by atoms with Crippen molar-refractivity contribution in [3.63, 3.8) is 0 Å². The fourth-order valence-corrected chi connectivity index (χ4v) is 5.07. The van der Waals surface area contributed by atoms with E-state index in [2.05, 4.69) is 5.32 Å². The van der Waals surface area contributed by atoms with Crippen LogP contribution in [0.2, 0.25) is 0 Å². The molecular weight excluding hydrogens is 446 g/mol. The molecule has 1 N–H and O–H groups in total. The van der Waals surface area contributed by atoms with Crippen LogP contribution in [0.25, 0.3) is 0 Å². The van der Waals surface area contributed by atoms with Crippen LogP contribution in [-0.2, 0) is 19.6 Å². The fraction of sp³-hybridized carbons (Fsp3) is 0.348. The Bertz CT molecular complexity index is 1140. The topological polar surface area (TPSA) is 113 Å². The van der Waals surface area contributed by atoms with Crippen molar-refractivity contribution in [3.8, 4) is 5.75 Å². The van der Waals surface area contributed by atoms with E-state index < -0.39 is 15.9 Å². The first-order chi connectivity index (χ1) is 15.7. The zero-order valence-electron chi connectivity index (χ0n) is 18.8. The lowest BCUT2D eigenvalue weighted by molar-refractivity contribution is -0.121. The summed E-state index contributed by atoms with van der Waals surface area (Å²) in [7, 11) is -3.72. The number of hydrogen-bond donors (Lipinski definition) is 1. The van der Waals surface area contributed by atoms with Gasteiger partial charge in [-0.05, 0) is 49.4 Å². The summed E-state index contributed by atoms with van der Waals surface area (Å²) in [6.45, 7) is 6.27. The van der Waals surface area contributed by atoms with Gasteiger partial charge in [-0.25, -0.2) is 8.42 Å². The minimum Gasteiger partial charge on any atom is -0.492 e. The van der Waals surface area contributed by atoms with Crippen LogP contribution in [0.1, 0.15) is 44.0 Å². The Morgan fingerprint density at radius 1 is 1.00 bits per heavy atom. The maximum Gasteiger partial charge on any atom is 0.255 e. The molecule has 9 nitrogen and oxygen atoms in total. The van der Waals surface area contributed by atoms with Crippen molar-refractivity contribution in [2.45, 2.75) is 38.5 Å². The second kappa shape index (κ2) is 10.1. The van der Waals surface area contributed by atoms with Crippen LogP contribution in [0.3, 0.4) is 0 Å². The van der Waals surface area contributed by atoms with Crippen LogP contribution in [0.5, 0.6) is 5.75 Å². The van der Waals surface area contributed by atoms with Gasteiger partial charge >= 0.3 is 0 Å². The van der Waals surface area contributed by atoms with E-state index in [1.54, 1.807) is 20.8 Å². The van der Waals surface area contributed by atoms with Gasteiger partial charge in [-0.3, -0.25) is 19.3 Å². The van der Waals surface area contributed by atoms with E-state index in [1.165, 1.54) is 46.8 Å². The van der Waals surface area contributed by atoms with Gasteiger partial charge in [0.05, 0.1) is 22.9 Å². The summed E-state index contributed by atoms with van der Waals surface area (Å²) in [5.41, 5.74) is 0.905. The van der Waals surface area contributed by atoms with Gasteiger partial charge in [-0.2, -0.15) is 4.31 Å². The van der Waals surface area contributed by atoms with E-state index in [9.17, 15) is 22.8 Å². The van der Waals surface area contributed by atoms with Gasteiger partial charge in [-0.1, -0.05) is 13.8 Å². The van der Waals surface area contributed by atoms with Crippen LogP contribution < -0.4 is 15.0 Å². The number of hydrogen-bond acceptors (Lipinski definition) is 6. The lowest BCUT2D eigenvalue weighted by Gasteiger charge is -2.20. The summed E-state index contributed by atoms with van der Waals surface area (Å²) in [6, 6.07) is 10.4. The van der Waals surface area contributed by atoms with Gasteiger partial charge in [0.25, 0.3) is 5.91 Å². The van der Waals surface area contributed by atoms with E-state index in [1.807, 2.05) is 0 Å². The Hall–Kier alpha value is -3.24. The Morgan fingerprint density at radius 3 is 2.15 bits per heavy atom. The molecule has 2 aromatic carbocycles. The highest BCUT2D eigenvalue weighted by Gasteiger charge is 2.30. The Morgan fingerprint density at radius 2 is 1.61 bits per heavy atom. The minimum atomic E-state index is -3.72. The lowest BCUT2D eigenvalue weighted by atomic mass is 10.1. The van der Waals surface area contributed by atoms with Gasteiger partial charge in [0.2, 0.25) is 21.8 Å². The molecule has 1 aliphatic heterocycles. The number of nitrogens with one attached hydrogen (secondary N) is 1. The largest absolute Gasteiger partial charge is 0.492 e. The number of imide groups is 1. The Kier molecular flexibility index (Phi) is 7.50. The van der Waals surface area contributed by atoms with Gasteiger partial charge in [-0.15, -0.1) is 0 Å². The lowest BCUT2D eigenvalue weighted by Crippen LogP contribution is -2.30. The number of benzene rings is 2. The number of amides is 3. The highest BCUT2D eigenvalue weighted by atomic mass is 32.2. The van der Waals surface area contributed by atoms with E-state index in [4.69, 9.17) is 4.74 Å². The molecule has 0 aliphatic carbocycles. The predicted octanol–water partition coefficient (Wildman–Crippen LogP) is 3.02. The first-order valence-corrected chi connectivity index (χ1v) is 12.2. The maximum absolute atomic E-state index is 12.9. The number of rotatable bonds is 9. The average Bonchev–Trinajstić information content (AvgIpc) is 3.13. The van der Waals surface area contributed by atoms with Crippen molar-refractivity contribution in [1.29, 1.82) is 0 Å². The van der Waals surface area contributed by atoms with Crippen LogP contribution >= 0.6 is 0 Å². The molecule has 3 rings (SSSR count).